The topological polar surface area (TPSA) is 126 Å². The number of amides is 1. The zero-order valence-corrected chi connectivity index (χ0v) is 19.9. The van der Waals surface area contributed by atoms with Gasteiger partial charge in [-0.2, -0.15) is 0 Å². The molecule has 0 bridgehead atoms. The fraction of sp³-hybridized carbons (Fsp3) is 0.182. The largest absolute Gasteiger partial charge is 0.325 e. The molecule has 0 spiro atoms. The lowest BCUT2D eigenvalue weighted by Crippen LogP contribution is -2.37. The summed E-state index contributed by atoms with van der Waals surface area (Å²) in [6.07, 6.45) is 3.95. The van der Waals surface area contributed by atoms with Crippen LogP contribution in [0.15, 0.2) is 71.9 Å². The number of hydrogen-bond acceptors (Lipinski definition) is 6. The molecule has 1 amide bonds. The monoisotopic (exact) mass is 488 g/mol. The molecule has 9 nitrogen and oxygen atoms in total. The van der Waals surface area contributed by atoms with E-state index in [0.717, 1.165) is 21.7 Å². The minimum Gasteiger partial charge on any atom is -0.325 e. The summed E-state index contributed by atoms with van der Waals surface area (Å²) in [7, 11) is -7.55. The highest BCUT2D eigenvalue weighted by molar-refractivity contribution is 7.92. The molecule has 1 aromatic heterocycles. The number of rotatable bonds is 8. The van der Waals surface area contributed by atoms with Crippen molar-refractivity contribution >= 4 is 43.0 Å². The highest BCUT2D eigenvalue weighted by atomic mass is 32.2. The maximum atomic E-state index is 12.6. The van der Waals surface area contributed by atoms with E-state index in [1.807, 2.05) is 13.0 Å². The van der Waals surface area contributed by atoms with Gasteiger partial charge in [0.2, 0.25) is 15.9 Å². The number of anilines is 3. The number of carbonyl (C=O) groups is 1. The first kappa shape index (κ1) is 24.2. The first-order chi connectivity index (χ1) is 15.5. The lowest BCUT2D eigenvalue weighted by molar-refractivity contribution is -0.114. The van der Waals surface area contributed by atoms with Gasteiger partial charge in [0.25, 0.3) is 10.0 Å². The Bertz CT molecular complexity index is 1360. The standard InChI is InChI=1S/C22H24N4O5S2/c1-16-6-7-17(2)21(13-16)26(32(3,28)29)15-22(27)24-18-8-10-20(11-9-18)33(30,31)25-19-5-4-12-23-14-19/h4-14,25H,15H2,1-3H3,(H,24,27). The maximum Gasteiger partial charge on any atom is 0.261 e. The van der Waals surface area contributed by atoms with Crippen LogP contribution >= 0.6 is 0 Å². The Morgan fingerprint density at radius 1 is 0.970 bits per heavy atom. The quantitative estimate of drug-likeness (QED) is 0.502. The third-order valence-corrected chi connectivity index (χ3v) is 7.21. The van der Waals surface area contributed by atoms with Crippen LogP contribution in [0.3, 0.4) is 0 Å². The second-order valence-electron chi connectivity index (χ2n) is 7.48. The number of carbonyl (C=O) groups excluding carboxylic acids is 1. The van der Waals surface area contributed by atoms with Crippen LogP contribution in [0.1, 0.15) is 11.1 Å². The van der Waals surface area contributed by atoms with Gasteiger partial charge in [0.1, 0.15) is 6.54 Å². The zero-order valence-electron chi connectivity index (χ0n) is 18.3. The maximum absolute atomic E-state index is 12.6. The second-order valence-corrected chi connectivity index (χ2v) is 11.1. The number of nitrogens with one attached hydrogen (secondary N) is 2. The highest BCUT2D eigenvalue weighted by Gasteiger charge is 2.23. The summed E-state index contributed by atoms with van der Waals surface area (Å²) in [5.74, 6) is -0.564. The highest BCUT2D eigenvalue weighted by Crippen LogP contribution is 2.24. The van der Waals surface area contributed by atoms with Crippen LogP contribution in [0.25, 0.3) is 0 Å². The van der Waals surface area contributed by atoms with Crippen molar-refractivity contribution in [2.75, 3.05) is 27.1 Å². The van der Waals surface area contributed by atoms with Crippen LogP contribution in [0.2, 0.25) is 0 Å². The molecule has 174 valence electrons. The summed E-state index contributed by atoms with van der Waals surface area (Å²) < 4.78 is 53.2. The Kier molecular flexibility index (Phi) is 7.04. The SMILES string of the molecule is Cc1ccc(C)c(N(CC(=O)Nc2ccc(S(=O)(=O)Nc3cccnc3)cc2)S(C)(=O)=O)c1. The van der Waals surface area contributed by atoms with Crippen LogP contribution < -0.4 is 14.3 Å². The summed E-state index contributed by atoms with van der Waals surface area (Å²) in [6, 6.07) is 14.1. The first-order valence-electron chi connectivity index (χ1n) is 9.83. The number of hydrogen-bond donors (Lipinski definition) is 2. The van der Waals surface area contributed by atoms with Crippen LogP contribution in [-0.2, 0) is 24.8 Å². The van der Waals surface area contributed by atoms with Crippen molar-refractivity contribution in [3.05, 3.63) is 78.1 Å². The van der Waals surface area contributed by atoms with Crippen LogP contribution in [0.5, 0.6) is 0 Å². The van der Waals surface area contributed by atoms with Crippen molar-refractivity contribution in [3.8, 4) is 0 Å². The van der Waals surface area contributed by atoms with Gasteiger partial charge in [-0.1, -0.05) is 12.1 Å². The van der Waals surface area contributed by atoms with Crippen molar-refractivity contribution in [3.63, 3.8) is 0 Å². The smallest absolute Gasteiger partial charge is 0.261 e. The van der Waals surface area contributed by atoms with Gasteiger partial charge in [-0.05, 0) is 67.4 Å². The van der Waals surface area contributed by atoms with E-state index >= 15 is 0 Å². The Morgan fingerprint density at radius 2 is 1.67 bits per heavy atom. The minimum atomic E-state index is -3.83. The fourth-order valence-electron chi connectivity index (χ4n) is 3.05. The number of benzene rings is 2. The average Bonchev–Trinajstić information content (AvgIpc) is 2.74. The lowest BCUT2D eigenvalue weighted by atomic mass is 10.1. The molecule has 0 radical (unpaired) electrons. The van der Waals surface area contributed by atoms with Crippen molar-refractivity contribution in [2.24, 2.45) is 0 Å². The van der Waals surface area contributed by atoms with E-state index < -0.39 is 32.5 Å². The summed E-state index contributed by atoms with van der Waals surface area (Å²) in [5.41, 5.74) is 2.66. The van der Waals surface area contributed by atoms with Gasteiger partial charge in [0.15, 0.2) is 0 Å². The van der Waals surface area contributed by atoms with Gasteiger partial charge < -0.3 is 5.32 Å². The molecule has 0 saturated heterocycles. The van der Waals surface area contributed by atoms with Gasteiger partial charge in [-0.15, -0.1) is 0 Å². The molecular weight excluding hydrogens is 464 g/mol. The molecule has 11 heteroatoms. The summed E-state index contributed by atoms with van der Waals surface area (Å²) in [4.78, 5) is 16.5. The molecule has 0 atom stereocenters. The van der Waals surface area contributed by atoms with E-state index in [4.69, 9.17) is 0 Å². The van der Waals surface area contributed by atoms with Gasteiger partial charge in [0, 0.05) is 11.9 Å². The molecule has 1 heterocycles. The summed E-state index contributed by atoms with van der Waals surface area (Å²) >= 11 is 0. The Labute approximate surface area is 193 Å². The van der Waals surface area contributed by atoms with Gasteiger partial charge in [-0.25, -0.2) is 16.8 Å². The Balaban J connectivity index is 1.74. The number of pyridine rings is 1. The lowest BCUT2D eigenvalue weighted by Gasteiger charge is -2.24. The van der Waals surface area contributed by atoms with Gasteiger partial charge >= 0.3 is 0 Å². The van der Waals surface area contributed by atoms with Crippen LogP contribution in [-0.4, -0.2) is 40.5 Å². The Hall–Kier alpha value is -3.44. The number of aromatic nitrogens is 1. The molecule has 3 aromatic rings. The predicted octanol–water partition coefficient (Wildman–Crippen LogP) is 2.90. The second kappa shape index (κ2) is 9.59. The van der Waals surface area contributed by atoms with Crippen molar-refractivity contribution in [2.45, 2.75) is 18.7 Å². The van der Waals surface area contributed by atoms with E-state index in [9.17, 15) is 21.6 Å². The number of sulfonamides is 2. The third kappa shape index (κ3) is 6.30. The molecule has 0 aliphatic carbocycles. The van der Waals surface area contributed by atoms with Gasteiger partial charge in [-0.3, -0.25) is 18.8 Å². The normalized spacial score (nSPS) is 11.6. The molecule has 2 N–H and O–H groups in total. The molecule has 2 aromatic carbocycles. The summed E-state index contributed by atoms with van der Waals surface area (Å²) in [6.45, 7) is 3.18. The molecule has 0 aliphatic rings. The summed E-state index contributed by atoms with van der Waals surface area (Å²) in [5, 5.41) is 2.61. The van der Waals surface area contributed by atoms with Crippen LogP contribution in [0.4, 0.5) is 17.1 Å². The van der Waals surface area contributed by atoms with Crippen molar-refractivity contribution < 1.29 is 21.6 Å². The molecule has 0 fully saturated rings. The van der Waals surface area contributed by atoms with Crippen molar-refractivity contribution in [1.29, 1.82) is 0 Å². The fourth-order valence-corrected chi connectivity index (χ4v) is 5.00. The van der Waals surface area contributed by atoms with E-state index in [-0.39, 0.29) is 4.90 Å². The number of aryl methyl sites for hydroxylation is 2. The third-order valence-electron chi connectivity index (χ3n) is 4.68. The average molecular weight is 489 g/mol. The van der Waals surface area contributed by atoms with Gasteiger partial charge in [0.05, 0.1) is 28.7 Å². The van der Waals surface area contributed by atoms with E-state index in [0.29, 0.717) is 17.1 Å². The molecule has 3 rings (SSSR count). The molecular formula is C22H24N4O5S2. The molecule has 0 unspecified atom stereocenters. The minimum absolute atomic E-state index is 0.00231. The van der Waals surface area contributed by atoms with E-state index in [2.05, 4.69) is 15.0 Å². The molecule has 33 heavy (non-hydrogen) atoms. The Morgan fingerprint density at radius 3 is 2.27 bits per heavy atom. The van der Waals surface area contributed by atoms with E-state index in [1.165, 1.54) is 36.7 Å². The van der Waals surface area contributed by atoms with Crippen LogP contribution in [0, 0.1) is 13.8 Å². The molecule has 0 saturated carbocycles. The molecule has 0 aliphatic heterocycles. The first-order valence-corrected chi connectivity index (χ1v) is 13.2. The predicted molar refractivity (Wildman–Crippen MR) is 128 cm³/mol. The zero-order chi connectivity index (χ0) is 24.2. The van der Waals surface area contributed by atoms with E-state index in [1.54, 1.807) is 31.2 Å². The number of nitrogens with zero attached hydrogens (tertiary/aromatic N) is 2. The van der Waals surface area contributed by atoms with Crippen molar-refractivity contribution in [1.82, 2.24) is 4.98 Å².